The van der Waals surface area contributed by atoms with E-state index in [1.54, 1.807) is 24.3 Å². The summed E-state index contributed by atoms with van der Waals surface area (Å²) in [4.78, 5) is 10.8. The number of carbonyl (C=O) groups is 1. The molecule has 0 fully saturated rings. The maximum atomic E-state index is 11.7. The summed E-state index contributed by atoms with van der Waals surface area (Å²) in [5.74, 6) is 0.596. The summed E-state index contributed by atoms with van der Waals surface area (Å²) in [6, 6.07) is 7.08. The lowest BCUT2D eigenvalue weighted by Gasteiger charge is -2.08. The van der Waals surface area contributed by atoms with Gasteiger partial charge < -0.3 is 19.5 Å². The number of hydrogen-bond acceptors (Lipinski definition) is 4. The zero-order chi connectivity index (χ0) is 14.6. The van der Waals surface area contributed by atoms with Crippen LogP contribution in [0.5, 0.6) is 5.75 Å². The summed E-state index contributed by atoms with van der Waals surface area (Å²) in [7, 11) is 0. The smallest absolute Gasteiger partial charge is 0.221 e. The Morgan fingerprint density at radius 3 is 2.25 bits per heavy atom. The van der Waals surface area contributed by atoms with Gasteiger partial charge in [0.1, 0.15) is 19.0 Å². The summed E-state index contributed by atoms with van der Waals surface area (Å²) in [5.41, 5.74) is 0.728. The van der Waals surface area contributed by atoms with Crippen LogP contribution in [-0.4, -0.2) is 45.6 Å². The third-order valence-electron chi connectivity index (χ3n) is 2.26. The van der Waals surface area contributed by atoms with Crippen LogP contribution in [0.4, 0.5) is 10.1 Å². The van der Waals surface area contributed by atoms with E-state index in [0.29, 0.717) is 32.2 Å². The number of ether oxygens (including phenoxy) is 3. The predicted octanol–water partition coefficient (Wildman–Crippen LogP) is 2.03. The summed E-state index contributed by atoms with van der Waals surface area (Å²) >= 11 is 0. The van der Waals surface area contributed by atoms with Crippen LogP contribution in [0, 0.1) is 0 Å². The number of alkyl halides is 1. The molecule has 0 saturated heterocycles. The third-order valence-corrected chi connectivity index (χ3v) is 2.26. The number of hydrogen-bond donors (Lipinski definition) is 1. The second-order valence-electron chi connectivity index (χ2n) is 3.97. The molecular weight excluding hydrogens is 265 g/mol. The number of halogens is 1. The molecule has 0 radical (unpaired) electrons. The van der Waals surface area contributed by atoms with Gasteiger partial charge in [-0.3, -0.25) is 4.79 Å². The first-order valence-corrected chi connectivity index (χ1v) is 6.44. The lowest BCUT2D eigenvalue weighted by Crippen LogP contribution is -2.11. The fourth-order valence-corrected chi connectivity index (χ4v) is 1.43. The molecule has 0 atom stereocenters. The molecule has 5 nitrogen and oxygen atoms in total. The summed E-state index contributed by atoms with van der Waals surface area (Å²) in [6.07, 6.45) is 0. The lowest BCUT2D eigenvalue weighted by molar-refractivity contribution is -0.114. The Morgan fingerprint density at radius 1 is 1.05 bits per heavy atom. The van der Waals surface area contributed by atoms with Gasteiger partial charge in [0.2, 0.25) is 5.91 Å². The minimum Gasteiger partial charge on any atom is -0.491 e. The van der Waals surface area contributed by atoms with E-state index in [-0.39, 0.29) is 12.5 Å². The van der Waals surface area contributed by atoms with Crippen molar-refractivity contribution in [3.05, 3.63) is 24.3 Å². The van der Waals surface area contributed by atoms with Crippen LogP contribution in [0.1, 0.15) is 6.92 Å². The number of amides is 1. The molecule has 0 saturated carbocycles. The molecule has 0 spiro atoms. The van der Waals surface area contributed by atoms with Crippen molar-refractivity contribution < 1.29 is 23.4 Å². The van der Waals surface area contributed by atoms with Crippen LogP contribution in [0.3, 0.4) is 0 Å². The Kier molecular flexibility index (Phi) is 8.33. The summed E-state index contributed by atoms with van der Waals surface area (Å²) in [6.45, 7) is 2.76. The van der Waals surface area contributed by atoms with E-state index in [4.69, 9.17) is 14.2 Å². The van der Waals surface area contributed by atoms with Gasteiger partial charge in [-0.05, 0) is 24.3 Å². The second-order valence-corrected chi connectivity index (χ2v) is 3.97. The summed E-state index contributed by atoms with van der Waals surface area (Å²) in [5, 5.41) is 2.67. The highest BCUT2D eigenvalue weighted by atomic mass is 19.1. The summed E-state index contributed by atoms with van der Waals surface area (Å²) < 4.78 is 27.3. The Morgan fingerprint density at radius 2 is 1.65 bits per heavy atom. The molecule has 0 aliphatic carbocycles. The molecule has 112 valence electrons. The van der Waals surface area contributed by atoms with E-state index in [1.807, 2.05) is 0 Å². The van der Waals surface area contributed by atoms with Gasteiger partial charge in [0.25, 0.3) is 0 Å². The minimum atomic E-state index is -0.475. The van der Waals surface area contributed by atoms with E-state index >= 15 is 0 Å². The Bertz CT molecular complexity index is 383. The molecule has 0 bridgehead atoms. The van der Waals surface area contributed by atoms with Gasteiger partial charge in [0.05, 0.1) is 26.4 Å². The number of anilines is 1. The van der Waals surface area contributed by atoms with Crippen molar-refractivity contribution in [2.24, 2.45) is 0 Å². The molecule has 0 aliphatic rings. The van der Waals surface area contributed by atoms with Gasteiger partial charge in [-0.2, -0.15) is 0 Å². The van der Waals surface area contributed by atoms with Crippen LogP contribution >= 0.6 is 0 Å². The largest absolute Gasteiger partial charge is 0.491 e. The highest BCUT2D eigenvalue weighted by Gasteiger charge is 1.97. The average molecular weight is 285 g/mol. The number of benzene rings is 1. The van der Waals surface area contributed by atoms with Crippen LogP contribution in [-0.2, 0) is 14.3 Å². The average Bonchev–Trinajstić information content (AvgIpc) is 2.43. The zero-order valence-electron chi connectivity index (χ0n) is 11.6. The van der Waals surface area contributed by atoms with E-state index in [2.05, 4.69) is 5.32 Å². The maximum absolute atomic E-state index is 11.7. The quantitative estimate of drug-likeness (QED) is 0.668. The number of rotatable bonds is 10. The first kappa shape index (κ1) is 16.4. The van der Waals surface area contributed by atoms with Crippen molar-refractivity contribution in [3.63, 3.8) is 0 Å². The number of nitrogens with one attached hydrogen (secondary N) is 1. The highest BCUT2D eigenvalue weighted by molar-refractivity contribution is 5.88. The first-order valence-electron chi connectivity index (χ1n) is 6.44. The van der Waals surface area contributed by atoms with Gasteiger partial charge in [-0.25, -0.2) is 4.39 Å². The van der Waals surface area contributed by atoms with Gasteiger partial charge in [0, 0.05) is 12.6 Å². The van der Waals surface area contributed by atoms with Crippen LogP contribution in [0.15, 0.2) is 24.3 Å². The monoisotopic (exact) mass is 285 g/mol. The van der Waals surface area contributed by atoms with Crippen molar-refractivity contribution >= 4 is 11.6 Å². The topological polar surface area (TPSA) is 56.8 Å². The predicted molar refractivity (Wildman–Crippen MR) is 73.9 cm³/mol. The molecule has 0 aliphatic heterocycles. The SMILES string of the molecule is CC(=O)Nc1ccc(OCCOCCOCCF)cc1. The molecule has 1 rings (SSSR count). The van der Waals surface area contributed by atoms with E-state index in [0.717, 1.165) is 5.69 Å². The Balaban J connectivity index is 2.08. The fraction of sp³-hybridized carbons (Fsp3) is 0.500. The van der Waals surface area contributed by atoms with Crippen molar-refractivity contribution in [3.8, 4) is 5.75 Å². The zero-order valence-corrected chi connectivity index (χ0v) is 11.6. The molecule has 1 aromatic rings. The maximum Gasteiger partial charge on any atom is 0.221 e. The first-order chi connectivity index (χ1) is 9.72. The molecule has 1 N–H and O–H groups in total. The van der Waals surface area contributed by atoms with Crippen molar-refractivity contribution in [2.75, 3.05) is 45.0 Å². The fourth-order valence-electron chi connectivity index (χ4n) is 1.43. The van der Waals surface area contributed by atoms with Crippen LogP contribution in [0.2, 0.25) is 0 Å². The molecule has 1 aromatic carbocycles. The van der Waals surface area contributed by atoms with E-state index in [9.17, 15) is 9.18 Å². The molecule has 0 unspecified atom stereocenters. The van der Waals surface area contributed by atoms with E-state index < -0.39 is 6.67 Å². The van der Waals surface area contributed by atoms with Crippen LogP contribution in [0.25, 0.3) is 0 Å². The van der Waals surface area contributed by atoms with Gasteiger partial charge in [0.15, 0.2) is 0 Å². The highest BCUT2D eigenvalue weighted by Crippen LogP contribution is 2.15. The normalized spacial score (nSPS) is 10.3. The minimum absolute atomic E-state index is 0.109. The lowest BCUT2D eigenvalue weighted by atomic mass is 10.3. The van der Waals surface area contributed by atoms with Gasteiger partial charge >= 0.3 is 0 Å². The Labute approximate surface area is 118 Å². The van der Waals surface area contributed by atoms with E-state index in [1.165, 1.54) is 6.92 Å². The molecule has 0 aromatic heterocycles. The van der Waals surface area contributed by atoms with Crippen molar-refractivity contribution in [2.45, 2.75) is 6.92 Å². The van der Waals surface area contributed by atoms with Crippen molar-refractivity contribution in [1.29, 1.82) is 0 Å². The molecule has 1 amide bonds. The second kappa shape index (κ2) is 10.2. The molecule has 6 heteroatoms. The number of carbonyl (C=O) groups excluding carboxylic acids is 1. The molecule has 20 heavy (non-hydrogen) atoms. The van der Waals surface area contributed by atoms with Gasteiger partial charge in [-0.15, -0.1) is 0 Å². The van der Waals surface area contributed by atoms with Gasteiger partial charge in [-0.1, -0.05) is 0 Å². The standard InChI is InChI=1S/C14H20FNO4/c1-12(17)16-13-2-4-14(5-3-13)20-11-10-19-9-8-18-7-6-15/h2-5H,6-11H2,1H3,(H,16,17). The van der Waals surface area contributed by atoms with Crippen molar-refractivity contribution in [1.82, 2.24) is 0 Å². The third kappa shape index (κ3) is 7.70. The Hall–Kier alpha value is -1.66. The van der Waals surface area contributed by atoms with Crippen LogP contribution < -0.4 is 10.1 Å². The molecular formula is C14H20FNO4. The molecule has 0 heterocycles.